The van der Waals surface area contributed by atoms with Crippen LogP contribution in [0.4, 0.5) is 0 Å². The van der Waals surface area contributed by atoms with Crippen LogP contribution < -0.4 is 5.32 Å². The maximum Gasteiger partial charge on any atom is 0.329 e. The summed E-state index contributed by atoms with van der Waals surface area (Å²) in [7, 11) is 0. The summed E-state index contributed by atoms with van der Waals surface area (Å²) in [5.74, 6) is 1.28. The highest BCUT2D eigenvalue weighted by Crippen LogP contribution is 2.19. The lowest BCUT2D eigenvalue weighted by atomic mass is 10.1. The van der Waals surface area contributed by atoms with Gasteiger partial charge in [-0.3, -0.25) is 4.79 Å². The van der Waals surface area contributed by atoms with Crippen molar-refractivity contribution in [3.8, 4) is 0 Å². The van der Waals surface area contributed by atoms with Gasteiger partial charge in [0.25, 0.3) is 0 Å². The van der Waals surface area contributed by atoms with E-state index in [2.05, 4.69) is 5.32 Å². The van der Waals surface area contributed by atoms with Crippen molar-refractivity contribution in [1.82, 2.24) is 10.2 Å². The van der Waals surface area contributed by atoms with Gasteiger partial charge in [0, 0.05) is 30.5 Å². The van der Waals surface area contributed by atoms with Crippen LogP contribution in [0.5, 0.6) is 0 Å². The summed E-state index contributed by atoms with van der Waals surface area (Å²) in [6, 6.07) is -0.282. The average molecular weight is 288 g/mol. The van der Waals surface area contributed by atoms with Crippen molar-refractivity contribution < 1.29 is 14.3 Å². The van der Waals surface area contributed by atoms with Gasteiger partial charge >= 0.3 is 5.97 Å². The van der Waals surface area contributed by atoms with Gasteiger partial charge in [-0.25, -0.2) is 4.79 Å². The molecule has 0 radical (unpaired) electrons. The lowest BCUT2D eigenvalue weighted by Crippen LogP contribution is -2.52. The van der Waals surface area contributed by atoms with E-state index in [1.807, 2.05) is 13.8 Å². The second kappa shape index (κ2) is 8.43. The zero-order chi connectivity index (χ0) is 14.3. The smallest absolute Gasteiger partial charge is 0.329 e. The molecule has 1 N–H and O–H groups in total. The lowest BCUT2D eigenvalue weighted by Gasteiger charge is -2.34. The molecule has 1 heterocycles. The number of nitrogens with zero attached hydrogens (tertiary/aromatic N) is 1. The van der Waals surface area contributed by atoms with Crippen molar-refractivity contribution in [3.05, 3.63) is 0 Å². The predicted molar refractivity (Wildman–Crippen MR) is 77.2 cm³/mol. The van der Waals surface area contributed by atoms with Crippen LogP contribution in [-0.2, 0) is 14.3 Å². The number of ether oxygens (including phenoxy) is 1. The second-order valence-electron chi connectivity index (χ2n) is 4.59. The third-order valence-electron chi connectivity index (χ3n) is 3.04. The Morgan fingerprint density at radius 1 is 1.47 bits per heavy atom. The van der Waals surface area contributed by atoms with Crippen LogP contribution in [0.25, 0.3) is 0 Å². The molecule has 5 nitrogen and oxygen atoms in total. The summed E-state index contributed by atoms with van der Waals surface area (Å²) in [4.78, 5) is 25.8. The van der Waals surface area contributed by atoms with Crippen LogP contribution in [0.1, 0.15) is 27.2 Å². The zero-order valence-electron chi connectivity index (χ0n) is 12.0. The van der Waals surface area contributed by atoms with Crippen molar-refractivity contribution in [2.75, 3.05) is 31.2 Å². The topological polar surface area (TPSA) is 58.6 Å². The van der Waals surface area contributed by atoms with Crippen molar-refractivity contribution in [2.45, 2.75) is 39.3 Å². The molecule has 0 aromatic rings. The Bertz CT molecular complexity index is 312. The molecule has 0 saturated carbocycles. The Morgan fingerprint density at radius 3 is 2.84 bits per heavy atom. The van der Waals surface area contributed by atoms with Crippen molar-refractivity contribution >= 4 is 23.6 Å². The van der Waals surface area contributed by atoms with Gasteiger partial charge < -0.3 is 15.0 Å². The third kappa shape index (κ3) is 5.03. The van der Waals surface area contributed by atoms with Crippen LogP contribution in [0, 0.1) is 0 Å². The Kier molecular flexibility index (Phi) is 7.23. The molecule has 1 aliphatic rings. The maximum atomic E-state index is 12.3. The average Bonchev–Trinajstić information content (AvgIpc) is 2.39. The molecule has 2 unspecified atom stereocenters. The fourth-order valence-corrected chi connectivity index (χ4v) is 3.17. The van der Waals surface area contributed by atoms with E-state index in [1.54, 1.807) is 23.6 Å². The number of hydrogen-bond donors (Lipinski definition) is 1. The summed E-state index contributed by atoms with van der Waals surface area (Å²) < 4.78 is 5.05. The molecule has 2 atom stereocenters. The van der Waals surface area contributed by atoms with Crippen LogP contribution in [0.2, 0.25) is 0 Å². The Hall–Kier alpha value is -0.750. The molecule has 1 aliphatic heterocycles. The van der Waals surface area contributed by atoms with E-state index >= 15 is 0 Å². The third-order valence-corrected chi connectivity index (χ3v) is 4.06. The molecular weight excluding hydrogens is 264 g/mol. The van der Waals surface area contributed by atoms with E-state index < -0.39 is 6.04 Å². The standard InChI is InChI=1S/C13H24N2O3S/c1-4-14-10(3)8-12(16)15-6-7-19-9-11(15)13(17)18-5-2/h10-11,14H,4-9H2,1-3H3. The molecular formula is C13H24N2O3S. The number of rotatable bonds is 6. The van der Waals surface area contributed by atoms with Gasteiger partial charge in [0.2, 0.25) is 5.91 Å². The van der Waals surface area contributed by atoms with Crippen LogP contribution in [-0.4, -0.2) is 60.1 Å². The van der Waals surface area contributed by atoms with E-state index in [0.29, 0.717) is 25.3 Å². The number of thioether (sulfide) groups is 1. The zero-order valence-corrected chi connectivity index (χ0v) is 12.8. The monoisotopic (exact) mass is 288 g/mol. The number of nitrogens with one attached hydrogen (secondary N) is 1. The highest BCUT2D eigenvalue weighted by Gasteiger charge is 2.33. The molecule has 1 fully saturated rings. The minimum atomic E-state index is -0.417. The first kappa shape index (κ1) is 16.3. The number of carbonyl (C=O) groups excluding carboxylic acids is 2. The summed E-state index contributed by atoms with van der Waals surface area (Å²) >= 11 is 1.70. The van der Waals surface area contributed by atoms with Gasteiger partial charge in [-0.2, -0.15) is 11.8 Å². The van der Waals surface area contributed by atoms with Crippen LogP contribution in [0.3, 0.4) is 0 Å². The second-order valence-corrected chi connectivity index (χ2v) is 5.74. The van der Waals surface area contributed by atoms with Crippen LogP contribution >= 0.6 is 11.8 Å². The molecule has 1 saturated heterocycles. The van der Waals surface area contributed by atoms with Gasteiger partial charge in [-0.1, -0.05) is 6.92 Å². The SMILES string of the molecule is CCNC(C)CC(=O)N1CCSCC1C(=O)OCC. The summed E-state index contributed by atoms with van der Waals surface area (Å²) in [5.41, 5.74) is 0. The molecule has 19 heavy (non-hydrogen) atoms. The van der Waals surface area contributed by atoms with Gasteiger partial charge in [0.1, 0.15) is 6.04 Å². The van der Waals surface area contributed by atoms with Crippen molar-refractivity contribution in [2.24, 2.45) is 0 Å². The van der Waals surface area contributed by atoms with E-state index in [1.165, 1.54) is 0 Å². The largest absolute Gasteiger partial charge is 0.464 e. The molecule has 110 valence electrons. The number of carbonyl (C=O) groups is 2. The first-order valence-electron chi connectivity index (χ1n) is 6.87. The first-order chi connectivity index (χ1) is 9.10. The molecule has 0 spiro atoms. The molecule has 1 amide bonds. The Balaban J connectivity index is 2.60. The molecule has 0 aromatic heterocycles. The fourth-order valence-electron chi connectivity index (χ4n) is 2.14. The highest BCUT2D eigenvalue weighted by atomic mass is 32.2. The quantitative estimate of drug-likeness (QED) is 0.735. The predicted octanol–water partition coefficient (Wildman–Crippen LogP) is 0.882. The van der Waals surface area contributed by atoms with Crippen molar-refractivity contribution in [3.63, 3.8) is 0 Å². The van der Waals surface area contributed by atoms with E-state index in [-0.39, 0.29) is 17.9 Å². The first-order valence-corrected chi connectivity index (χ1v) is 8.02. The minimum Gasteiger partial charge on any atom is -0.464 e. The number of esters is 1. The van der Waals surface area contributed by atoms with Gasteiger partial charge in [-0.15, -0.1) is 0 Å². The highest BCUT2D eigenvalue weighted by molar-refractivity contribution is 7.99. The van der Waals surface area contributed by atoms with Gasteiger partial charge in [-0.05, 0) is 20.4 Å². The van der Waals surface area contributed by atoms with E-state index in [4.69, 9.17) is 4.74 Å². The number of amides is 1. The Labute approximate surface area is 119 Å². The summed E-state index contributed by atoms with van der Waals surface area (Å²) in [6.45, 7) is 7.61. The molecule has 0 aliphatic carbocycles. The Morgan fingerprint density at radius 2 is 2.21 bits per heavy atom. The van der Waals surface area contributed by atoms with E-state index in [0.717, 1.165) is 12.3 Å². The molecule has 0 bridgehead atoms. The van der Waals surface area contributed by atoms with E-state index in [9.17, 15) is 9.59 Å². The maximum absolute atomic E-state index is 12.3. The summed E-state index contributed by atoms with van der Waals surface area (Å²) in [6.07, 6.45) is 0.425. The van der Waals surface area contributed by atoms with Crippen LogP contribution in [0.15, 0.2) is 0 Å². The molecule has 6 heteroatoms. The van der Waals surface area contributed by atoms with Crippen molar-refractivity contribution in [1.29, 1.82) is 0 Å². The lowest BCUT2D eigenvalue weighted by molar-refractivity contribution is -0.154. The molecule has 1 rings (SSSR count). The van der Waals surface area contributed by atoms with Gasteiger partial charge in [0.05, 0.1) is 6.61 Å². The normalized spacial score (nSPS) is 21.0. The summed E-state index contributed by atoms with van der Waals surface area (Å²) in [5, 5.41) is 3.22. The number of hydrogen-bond acceptors (Lipinski definition) is 5. The molecule has 0 aromatic carbocycles. The fraction of sp³-hybridized carbons (Fsp3) is 0.846. The van der Waals surface area contributed by atoms with Gasteiger partial charge in [0.15, 0.2) is 0 Å². The minimum absolute atomic E-state index is 0.0341.